The molecule has 1 saturated heterocycles. The van der Waals surface area contributed by atoms with Crippen molar-refractivity contribution in [2.45, 2.75) is 57.7 Å². The number of rotatable bonds is 9. The molecule has 9 heteroatoms. The van der Waals surface area contributed by atoms with E-state index in [1.807, 2.05) is 77.7 Å². The zero-order valence-electron chi connectivity index (χ0n) is 25.0. The highest BCUT2D eigenvalue weighted by atomic mass is 16.2. The predicted octanol–water partition coefficient (Wildman–Crippen LogP) is 4.29. The first-order chi connectivity index (χ1) is 20.6. The number of hydrogen-bond acceptors (Lipinski definition) is 5. The van der Waals surface area contributed by atoms with Gasteiger partial charge in [-0.2, -0.15) is 0 Å². The van der Waals surface area contributed by atoms with E-state index in [1.54, 1.807) is 30.9 Å². The lowest BCUT2D eigenvalue weighted by Gasteiger charge is -2.33. The first-order valence-electron chi connectivity index (χ1n) is 14.8. The van der Waals surface area contributed by atoms with Gasteiger partial charge in [0.15, 0.2) is 5.82 Å². The Morgan fingerprint density at radius 1 is 0.977 bits per heavy atom. The quantitative estimate of drug-likeness (QED) is 0.273. The molecule has 2 atom stereocenters. The number of piperidine rings is 1. The van der Waals surface area contributed by atoms with E-state index < -0.39 is 29.4 Å². The molecule has 224 valence electrons. The van der Waals surface area contributed by atoms with Crippen LogP contribution in [0.25, 0.3) is 10.8 Å². The lowest BCUT2D eigenvalue weighted by Crippen LogP contribution is -2.55. The van der Waals surface area contributed by atoms with Gasteiger partial charge in [0.05, 0.1) is 11.9 Å². The summed E-state index contributed by atoms with van der Waals surface area (Å²) in [4.78, 5) is 46.6. The van der Waals surface area contributed by atoms with Crippen LogP contribution in [0, 0.1) is 5.92 Å². The molecule has 0 radical (unpaired) electrons. The van der Waals surface area contributed by atoms with Crippen molar-refractivity contribution in [3.8, 4) is 0 Å². The fraction of sp³-hybridized carbons (Fsp3) is 0.353. The number of likely N-dealkylation sites (tertiary alicyclic amines) is 1. The van der Waals surface area contributed by atoms with Gasteiger partial charge in [-0.1, -0.05) is 79.7 Å². The maximum absolute atomic E-state index is 13.8. The standard InChI is InChI=1S/C34H40N6O3/c1-23-15-17-39(18-16-23)32(42)30(26-10-5-4-6-11-26)40-21-29(36-22-40)38-31(41)28(37-33(43)34(2,3)35)20-24-13-14-25-9-7-8-12-27(25)19-24/h4-14,19,21-23,28,30H,15-18,20,35H2,1-3H3,(H,37,43)(H,38,41). The minimum absolute atomic E-state index is 0.00000208. The molecule has 0 spiro atoms. The van der Waals surface area contributed by atoms with Gasteiger partial charge in [0.25, 0.3) is 0 Å². The minimum atomic E-state index is -1.17. The molecule has 43 heavy (non-hydrogen) atoms. The Hall–Kier alpha value is -4.50. The van der Waals surface area contributed by atoms with E-state index in [0.29, 0.717) is 5.92 Å². The average Bonchev–Trinajstić information content (AvgIpc) is 3.44. The molecule has 2 unspecified atom stereocenters. The fourth-order valence-electron chi connectivity index (χ4n) is 5.39. The van der Waals surface area contributed by atoms with Crippen LogP contribution >= 0.6 is 0 Å². The third-order valence-corrected chi connectivity index (χ3v) is 8.06. The third-order valence-electron chi connectivity index (χ3n) is 8.06. The first-order valence-corrected chi connectivity index (χ1v) is 14.8. The summed E-state index contributed by atoms with van der Waals surface area (Å²) in [7, 11) is 0. The Balaban J connectivity index is 1.37. The number of imidazole rings is 1. The van der Waals surface area contributed by atoms with Crippen molar-refractivity contribution < 1.29 is 14.4 Å². The van der Waals surface area contributed by atoms with Gasteiger partial charge in [0, 0.05) is 25.7 Å². The van der Waals surface area contributed by atoms with Gasteiger partial charge < -0.3 is 25.8 Å². The largest absolute Gasteiger partial charge is 0.342 e. The molecule has 1 aliphatic rings. The van der Waals surface area contributed by atoms with Gasteiger partial charge in [-0.05, 0) is 54.5 Å². The highest BCUT2D eigenvalue weighted by Crippen LogP contribution is 2.26. The number of benzene rings is 3. The van der Waals surface area contributed by atoms with Crippen LogP contribution in [-0.2, 0) is 20.8 Å². The van der Waals surface area contributed by atoms with E-state index in [1.165, 1.54) is 0 Å². The van der Waals surface area contributed by atoms with Crippen LogP contribution in [0.1, 0.15) is 50.8 Å². The third kappa shape index (κ3) is 7.29. The monoisotopic (exact) mass is 580 g/mol. The van der Waals surface area contributed by atoms with Crippen LogP contribution in [0.3, 0.4) is 0 Å². The normalized spacial score (nSPS) is 15.6. The van der Waals surface area contributed by atoms with Crippen LogP contribution in [0.15, 0.2) is 85.3 Å². The number of amides is 3. The fourth-order valence-corrected chi connectivity index (χ4v) is 5.39. The molecule has 3 aromatic carbocycles. The number of anilines is 1. The molecule has 1 fully saturated rings. The Morgan fingerprint density at radius 3 is 2.35 bits per heavy atom. The summed E-state index contributed by atoms with van der Waals surface area (Å²) >= 11 is 0. The number of nitrogens with two attached hydrogens (primary N) is 1. The molecule has 9 nitrogen and oxygen atoms in total. The molecule has 5 rings (SSSR count). The second-order valence-corrected chi connectivity index (χ2v) is 12.1. The van der Waals surface area contributed by atoms with Crippen LogP contribution in [0.2, 0.25) is 0 Å². The maximum atomic E-state index is 13.8. The average molecular weight is 581 g/mol. The van der Waals surface area contributed by atoms with Crippen molar-refractivity contribution in [3.63, 3.8) is 0 Å². The summed E-state index contributed by atoms with van der Waals surface area (Å²) in [6.45, 7) is 6.84. The maximum Gasteiger partial charge on any atom is 0.250 e. The van der Waals surface area contributed by atoms with Crippen molar-refractivity contribution >= 4 is 34.3 Å². The molecule has 0 bridgehead atoms. The van der Waals surface area contributed by atoms with E-state index in [2.05, 4.69) is 22.5 Å². The molecular formula is C34H40N6O3. The van der Waals surface area contributed by atoms with E-state index in [0.717, 1.165) is 47.8 Å². The lowest BCUT2D eigenvalue weighted by atomic mass is 9.97. The number of nitrogens with zero attached hydrogens (tertiary/aromatic N) is 3. The molecule has 0 saturated carbocycles. The molecule has 4 aromatic rings. The van der Waals surface area contributed by atoms with E-state index >= 15 is 0 Å². The molecular weight excluding hydrogens is 540 g/mol. The summed E-state index contributed by atoms with van der Waals surface area (Å²) in [5.41, 5.74) is 6.61. The number of carbonyl (C=O) groups is 3. The summed E-state index contributed by atoms with van der Waals surface area (Å²) in [5, 5.41) is 7.81. The predicted molar refractivity (Wildman–Crippen MR) is 168 cm³/mol. The number of fused-ring (bicyclic) bond motifs is 1. The smallest absolute Gasteiger partial charge is 0.250 e. The number of nitrogens with one attached hydrogen (secondary N) is 2. The second-order valence-electron chi connectivity index (χ2n) is 12.1. The number of carbonyl (C=O) groups excluding carboxylic acids is 3. The zero-order valence-corrected chi connectivity index (χ0v) is 25.0. The van der Waals surface area contributed by atoms with Gasteiger partial charge >= 0.3 is 0 Å². The minimum Gasteiger partial charge on any atom is -0.342 e. The van der Waals surface area contributed by atoms with Crippen LogP contribution < -0.4 is 16.4 Å². The Morgan fingerprint density at radius 2 is 1.65 bits per heavy atom. The van der Waals surface area contributed by atoms with Crippen molar-refractivity contribution in [1.82, 2.24) is 19.8 Å². The Bertz CT molecular complexity index is 1580. The van der Waals surface area contributed by atoms with Gasteiger partial charge in [-0.25, -0.2) is 4.98 Å². The van der Waals surface area contributed by atoms with Gasteiger partial charge in [0.2, 0.25) is 17.7 Å². The second kappa shape index (κ2) is 12.8. The molecule has 1 aliphatic heterocycles. The van der Waals surface area contributed by atoms with Crippen molar-refractivity contribution in [3.05, 3.63) is 96.4 Å². The van der Waals surface area contributed by atoms with Crippen molar-refractivity contribution in [1.29, 1.82) is 0 Å². The summed E-state index contributed by atoms with van der Waals surface area (Å²) in [6, 6.07) is 22.0. The SMILES string of the molecule is CC1CCN(C(=O)C(c2ccccc2)n2cnc(NC(=O)C(Cc3ccc4ccccc4c3)NC(=O)C(C)(C)N)c2)CC1. The molecule has 0 aliphatic carbocycles. The Kier molecular flexibility index (Phi) is 8.92. The summed E-state index contributed by atoms with van der Waals surface area (Å²) < 4.78 is 1.74. The van der Waals surface area contributed by atoms with Crippen LogP contribution in [0.4, 0.5) is 5.82 Å². The lowest BCUT2D eigenvalue weighted by molar-refractivity contribution is -0.135. The topological polar surface area (TPSA) is 122 Å². The first kappa shape index (κ1) is 30.0. The van der Waals surface area contributed by atoms with Gasteiger partial charge in [-0.15, -0.1) is 0 Å². The summed E-state index contributed by atoms with van der Waals surface area (Å²) in [6.07, 6.45) is 5.45. The van der Waals surface area contributed by atoms with E-state index in [9.17, 15) is 14.4 Å². The van der Waals surface area contributed by atoms with Gasteiger partial charge in [-0.3, -0.25) is 14.4 Å². The zero-order chi connectivity index (χ0) is 30.6. The van der Waals surface area contributed by atoms with Gasteiger partial charge in [0.1, 0.15) is 12.1 Å². The molecule has 1 aromatic heterocycles. The molecule has 4 N–H and O–H groups in total. The Labute approximate surface area is 252 Å². The molecule has 3 amide bonds. The van der Waals surface area contributed by atoms with Crippen LogP contribution in [0.5, 0.6) is 0 Å². The molecule has 2 heterocycles. The van der Waals surface area contributed by atoms with Crippen molar-refractivity contribution in [2.75, 3.05) is 18.4 Å². The van der Waals surface area contributed by atoms with Crippen LogP contribution in [-0.4, -0.2) is 56.8 Å². The van der Waals surface area contributed by atoms with Crippen molar-refractivity contribution in [2.24, 2.45) is 11.7 Å². The highest BCUT2D eigenvalue weighted by molar-refractivity contribution is 5.98. The van der Waals surface area contributed by atoms with E-state index in [-0.39, 0.29) is 18.1 Å². The number of hydrogen-bond donors (Lipinski definition) is 3. The van der Waals surface area contributed by atoms with E-state index in [4.69, 9.17) is 5.73 Å². The number of aromatic nitrogens is 2. The summed E-state index contributed by atoms with van der Waals surface area (Å²) in [5.74, 6) is 0.0195. The highest BCUT2D eigenvalue weighted by Gasteiger charge is 2.31.